The van der Waals surface area contributed by atoms with Crippen molar-refractivity contribution in [3.05, 3.63) is 84.1 Å². The monoisotopic (exact) mass is 547 g/mol. The van der Waals surface area contributed by atoms with Gasteiger partial charge in [0.25, 0.3) is 5.91 Å². The van der Waals surface area contributed by atoms with E-state index in [4.69, 9.17) is 4.42 Å². The number of hydrogen-bond donors (Lipinski definition) is 2. The van der Waals surface area contributed by atoms with Gasteiger partial charge < -0.3 is 24.6 Å². The molecule has 3 heterocycles. The molecule has 1 aliphatic rings. The molecule has 1 fully saturated rings. The predicted molar refractivity (Wildman–Crippen MR) is 150 cm³/mol. The molecule has 0 bridgehead atoms. The minimum Gasteiger partial charge on any atom is -0.507 e. The zero-order chi connectivity index (χ0) is 26.6. The van der Waals surface area contributed by atoms with E-state index in [0.717, 1.165) is 50.0 Å². The summed E-state index contributed by atoms with van der Waals surface area (Å²) >= 11 is 0. The third-order valence-corrected chi connectivity index (χ3v) is 6.69. The highest BCUT2D eigenvalue weighted by Gasteiger charge is 2.21. The number of likely N-dealkylation sites (N-methyl/N-ethyl adjacent to an activating group) is 1. The van der Waals surface area contributed by atoms with Crippen molar-refractivity contribution in [2.24, 2.45) is 0 Å². The summed E-state index contributed by atoms with van der Waals surface area (Å²) < 4.78 is 18.9. The van der Waals surface area contributed by atoms with Crippen LogP contribution in [0.25, 0.3) is 22.4 Å². The molecule has 8 nitrogen and oxygen atoms in total. The van der Waals surface area contributed by atoms with Gasteiger partial charge in [0.2, 0.25) is 0 Å². The molecule has 1 aliphatic heterocycles. The van der Waals surface area contributed by atoms with Crippen LogP contribution in [0.15, 0.2) is 71.3 Å². The third-order valence-electron chi connectivity index (χ3n) is 6.69. The van der Waals surface area contributed by atoms with Crippen LogP contribution < -0.4 is 10.2 Å². The first-order valence-corrected chi connectivity index (χ1v) is 12.3. The van der Waals surface area contributed by atoms with E-state index in [2.05, 4.69) is 33.1 Å². The molecular weight excluding hydrogens is 521 g/mol. The second-order valence-electron chi connectivity index (χ2n) is 8.96. The van der Waals surface area contributed by atoms with Gasteiger partial charge in [-0.15, -0.1) is 12.4 Å². The number of aromatic hydroxyl groups is 1. The second kappa shape index (κ2) is 12.0. The number of amides is 1. The Morgan fingerprint density at radius 1 is 1.10 bits per heavy atom. The molecule has 39 heavy (non-hydrogen) atoms. The van der Waals surface area contributed by atoms with Crippen molar-refractivity contribution < 1.29 is 18.7 Å². The van der Waals surface area contributed by atoms with Crippen LogP contribution in [-0.4, -0.2) is 53.6 Å². The Hall–Kier alpha value is -4.39. The van der Waals surface area contributed by atoms with Crippen molar-refractivity contribution in [2.45, 2.75) is 6.92 Å². The van der Waals surface area contributed by atoms with Crippen LogP contribution in [0.4, 0.5) is 15.9 Å². The molecule has 0 unspecified atom stereocenters. The normalized spacial score (nSPS) is 13.4. The number of phenolic OH excluding ortho intramolecular Hbond substituents is 1. The Labute approximate surface area is 231 Å². The average molecular weight is 548 g/mol. The molecule has 0 radical (unpaired) electrons. The highest BCUT2D eigenvalue weighted by molar-refractivity contribution is 6.03. The number of halogens is 2. The van der Waals surface area contributed by atoms with Crippen molar-refractivity contribution in [3.63, 3.8) is 0 Å². The number of phenols is 1. The molecule has 0 atom stereocenters. The molecule has 2 aromatic heterocycles. The maximum absolute atomic E-state index is 13.7. The van der Waals surface area contributed by atoms with Crippen LogP contribution in [0.2, 0.25) is 0 Å². The van der Waals surface area contributed by atoms with Gasteiger partial charge in [-0.05, 0) is 54.6 Å². The summed E-state index contributed by atoms with van der Waals surface area (Å²) in [6.07, 6.45) is 1.37. The largest absolute Gasteiger partial charge is 0.507 e. The Morgan fingerprint density at radius 3 is 2.56 bits per heavy atom. The van der Waals surface area contributed by atoms with Crippen molar-refractivity contribution in [3.8, 4) is 34.2 Å². The standard InChI is InChI=1S/C29H26FN5O3.ClH/c1-2-34-10-12-35(13-11-34)21-6-3-5-19(15-21)23-17-25(22-9-8-20(30)16-26(22)36)32-28(24(23)18-31)33-29(37)27-7-4-14-38-27;/h3-9,14-17,36H,2,10-13H2,1H3,(H,32,33,37);1H. The van der Waals surface area contributed by atoms with E-state index >= 15 is 0 Å². The fourth-order valence-corrected chi connectivity index (χ4v) is 4.61. The molecule has 0 aliphatic carbocycles. The Kier molecular flexibility index (Phi) is 8.49. The first-order chi connectivity index (χ1) is 18.5. The van der Waals surface area contributed by atoms with Gasteiger partial charge in [-0.1, -0.05) is 19.1 Å². The number of carbonyl (C=O) groups excluding carboxylic acids is 1. The fraction of sp³-hybridized carbons (Fsp3) is 0.207. The van der Waals surface area contributed by atoms with E-state index in [-0.39, 0.29) is 46.6 Å². The van der Waals surface area contributed by atoms with Gasteiger partial charge >= 0.3 is 0 Å². The van der Waals surface area contributed by atoms with Crippen LogP contribution in [0.1, 0.15) is 23.0 Å². The maximum Gasteiger partial charge on any atom is 0.292 e. The minimum atomic E-state index is -0.595. The van der Waals surface area contributed by atoms with E-state index in [1.807, 2.05) is 24.3 Å². The molecule has 0 saturated carbocycles. The number of hydrogen-bond acceptors (Lipinski definition) is 7. The van der Waals surface area contributed by atoms with Crippen LogP contribution in [0, 0.1) is 17.1 Å². The molecule has 4 aromatic rings. The number of piperazine rings is 1. The van der Waals surface area contributed by atoms with E-state index in [0.29, 0.717) is 5.56 Å². The van der Waals surface area contributed by atoms with Crippen LogP contribution >= 0.6 is 12.4 Å². The highest BCUT2D eigenvalue weighted by Crippen LogP contribution is 2.37. The summed E-state index contributed by atoms with van der Waals surface area (Å²) in [5, 5.41) is 23.3. The number of nitriles is 1. The third kappa shape index (κ3) is 5.87. The Bertz CT molecular complexity index is 1510. The van der Waals surface area contributed by atoms with Crippen LogP contribution in [0.5, 0.6) is 5.75 Å². The summed E-state index contributed by atoms with van der Waals surface area (Å²) in [6, 6.07) is 18.4. The lowest BCUT2D eigenvalue weighted by Gasteiger charge is -2.35. The van der Waals surface area contributed by atoms with E-state index in [9.17, 15) is 19.6 Å². The number of nitrogens with zero attached hydrogens (tertiary/aromatic N) is 4. The first kappa shape index (κ1) is 27.6. The van der Waals surface area contributed by atoms with Crippen molar-refractivity contribution in [2.75, 3.05) is 42.9 Å². The molecule has 5 rings (SSSR count). The van der Waals surface area contributed by atoms with E-state index in [1.165, 1.54) is 24.5 Å². The number of rotatable bonds is 6. The van der Waals surface area contributed by atoms with Gasteiger partial charge in [0.1, 0.15) is 23.2 Å². The molecule has 0 spiro atoms. The van der Waals surface area contributed by atoms with Gasteiger partial charge in [0.05, 0.1) is 12.0 Å². The zero-order valence-electron chi connectivity index (χ0n) is 21.2. The second-order valence-corrected chi connectivity index (χ2v) is 8.96. The number of aromatic nitrogens is 1. The molecule has 200 valence electrons. The predicted octanol–water partition coefficient (Wildman–Crippen LogP) is 5.54. The summed E-state index contributed by atoms with van der Waals surface area (Å²) in [4.78, 5) is 22.0. The lowest BCUT2D eigenvalue weighted by atomic mass is 9.97. The quantitative estimate of drug-likeness (QED) is 0.326. The van der Waals surface area contributed by atoms with Gasteiger partial charge in [-0.2, -0.15) is 5.26 Å². The van der Waals surface area contributed by atoms with Gasteiger partial charge in [0, 0.05) is 49.1 Å². The molecule has 1 saturated heterocycles. The minimum absolute atomic E-state index is 0. The van der Waals surface area contributed by atoms with E-state index < -0.39 is 11.7 Å². The first-order valence-electron chi connectivity index (χ1n) is 12.3. The fourth-order valence-electron chi connectivity index (χ4n) is 4.61. The number of anilines is 2. The molecule has 2 aromatic carbocycles. The van der Waals surface area contributed by atoms with Crippen LogP contribution in [0.3, 0.4) is 0 Å². The summed E-state index contributed by atoms with van der Waals surface area (Å²) in [6.45, 7) is 6.88. The smallest absolute Gasteiger partial charge is 0.292 e. The summed E-state index contributed by atoms with van der Waals surface area (Å²) in [5.41, 5.74) is 2.97. The van der Waals surface area contributed by atoms with Crippen molar-refractivity contribution >= 4 is 29.8 Å². The SMILES string of the molecule is CCN1CCN(c2cccc(-c3cc(-c4ccc(F)cc4O)nc(NC(=O)c4ccco4)c3C#N)c2)CC1.Cl. The highest BCUT2D eigenvalue weighted by atomic mass is 35.5. The lowest BCUT2D eigenvalue weighted by Crippen LogP contribution is -2.46. The molecule has 10 heteroatoms. The van der Waals surface area contributed by atoms with Crippen LogP contribution in [-0.2, 0) is 0 Å². The number of furan rings is 1. The summed E-state index contributed by atoms with van der Waals surface area (Å²) in [5.74, 6) is -1.41. The number of carbonyl (C=O) groups is 1. The Balaban J connectivity index is 0.00000353. The molecular formula is C29H27ClFN5O3. The van der Waals surface area contributed by atoms with Crippen molar-refractivity contribution in [1.29, 1.82) is 5.26 Å². The molecule has 2 N–H and O–H groups in total. The number of benzene rings is 2. The van der Waals surface area contributed by atoms with Gasteiger partial charge in [-0.25, -0.2) is 9.37 Å². The van der Waals surface area contributed by atoms with E-state index in [1.54, 1.807) is 12.1 Å². The Morgan fingerprint density at radius 2 is 1.90 bits per heavy atom. The average Bonchev–Trinajstić information content (AvgIpc) is 3.48. The number of pyridine rings is 1. The topological polar surface area (TPSA) is 106 Å². The zero-order valence-corrected chi connectivity index (χ0v) is 22.0. The van der Waals surface area contributed by atoms with Gasteiger partial charge in [0.15, 0.2) is 11.6 Å². The molecule has 1 amide bonds. The lowest BCUT2D eigenvalue weighted by molar-refractivity contribution is 0.0996. The maximum atomic E-state index is 13.7. The summed E-state index contributed by atoms with van der Waals surface area (Å²) in [7, 11) is 0. The van der Waals surface area contributed by atoms with Gasteiger partial charge in [-0.3, -0.25) is 4.79 Å². The number of nitrogens with one attached hydrogen (secondary N) is 1. The van der Waals surface area contributed by atoms with Crippen molar-refractivity contribution in [1.82, 2.24) is 9.88 Å².